The van der Waals surface area contributed by atoms with Gasteiger partial charge in [-0.3, -0.25) is 4.57 Å². The second-order valence-corrected chi connectivity index (χ2v) is 9.33. The summed E-state index contributed by atoms with van der Waals surface area (Å²) in [6.45, 7) is 1.91. The number of imidazole rings is 1. The number of fused-ring (bicyclic) bond motifs is 3. The van der Waals surface area contributed by atoms with Crippen LogP contribution in [0, 0.1) is 0 Å². The zero-order valence-corrected chi connectivity index (χ0v) is 19.8. The zero-order chi connectivity index (χ0) is 22.2. The number of aromatic nitrogens is 2. The van der Waals surface area contributed by atoms with Crippen LogP contribution in [0.25, 0.3) is 11.0 Å². The third-order valence-corrected chi connectivity index (χ3v) is 6.86. The Hall–Kier alpha value is -2.80. The third-order valence-electron chi connectivity index (χ3n) is 6.36. The second kappa shape index (κ2) is 8.62. The van der Waals surface area contributed by atoms with Crippen LogP contribution in [-0.4, -0.2) is 28.7 Å². The number of methoxy groups -OCH3 is 1. The van der Waals surface area contributed by atoms with E-state index < -0.39 is 6.04 Å². The first-order valence-electron chi connectivity index (χ1n) is 11.1. The largest absolute Gasteiger partial charge is 0.496 e. The van der Waals surface area contributed by atoms with Crippen molar-refractivity contribution in [1.82, 2.24) is 9.55 Å². The Morgan fingerprint density at radius 1 is 1.16 bits per heavy atom. The molecule has 6 nitrogen and oxygen atoms in total. The van der Waals surface area contributed by atoms with Gasteiger partial charge >= 0.3 is 5.97 Å². The van der Waals surface area contributed by atoms with Crippen molar-refractivity contribution in [3.63, 3.8) is 0 Å². The summed E-state index contributed by atoms with van der Waals surface area (Å²) < 4.78 is 14.7. The molecule has 1 aromatic heterocycles. The number of halogens is 1. The van der Waals surface area contributed by atoms with E-state index >= 15 is 0 Å². The van der Waals surface area contributed by atoms with Crippen LogP contribution in [0.2, 0.25) is 0 Å². The molecule has 0 radical (unpaired) electrons. The molecule has 1 aliphatic heterocycles. The lowest BCUT2D eigenvalue weighted by Gasteiger charge is -2.32. The van der Waals surface area contributed by atoms with E-state index in [9.17, 15) is 4.79 Å². The number of nitrogens with zero attached hydrogens (tertiary/aromatic N) is 2. The number of para-hydroxylation sites is 2. The molecule has 1 saturated carbocycles. The summed E-state index contributed by atoms with van der Waals surface area (Å²) in [5, 5.41) is 3.35. The van der Waals surface area contributed by atoms with Gasteiger partial charge in [-0.2, -0.15) is 0 Å². The number of ether oxygens (including phenoxy) is 2. The first-order chi connectivity index (χ1) is 15.6. The fourth-order valence-corrected chi connectivity index (χ4v) is 5.22. The quantitative estimate of drug-likeness (QED) is 0.451. The molecule has 1 atom stereocenters. The minimum atomic E-state index is -0.429. The molecule has 1 aliphatic carbocycles. The highest BCUT2D eigenvalue weighted by Gasteiger charge is 2.37. The summed E-state index contributed by atoms with van der Waals surface area (Å²) in [4.78, 5) is 18.4. The molecule has 0 amide bonds. The van der Waals surface area contributed by atoms with Crippen LogP contribution in [0.3, 0.4) is 0 Å². The summed E-state index contributed by atoms with van der Waals surface area (Å²) in [6, 6.07) is 13.4. The number of benzene rings is 2. The van der Waals surface area contributed by atoms with Crippen LogP contribution in [0.5, 0.6) is 5.75 Å². The van der Waals surface area contributed by atoms with Gasteiger partial charge in [0.1, 0.15) is 11.9 Å². The van der Waals surface area contributed by atoms with Gasteiger partial charge in [0, 0.05) is 15.7 Å². The van der Waals surface area contributed by atoms with Gasteiger partial charge in [0.2, 0.25) is 5.95 Å². The molecule has 5 rings (SSSR count). The molecule has 1 fully saturated rings. The van der Waals surface area contributed by atoms with Gasteiger partial charge in [-0.25, -0.2) is 9.78 Å². The fourth-order valence-electron chi connectivity index (χ4n) is 4.84. The van der Waals surface area contributed by atoms with Crippen molar-refractivity contribution in [3.8, 4) is 5.75 Å². The fraction of sp³-hybridized carbons (Fsp3) is 0.360. The first-order valence-corrected chi connectivity index (χ1v) is 11.9. The molecule has 7 heteroatoms. The lowest BCUT2D eigenvalue weighted by Crippen LogP contribution is -2.31. The summed E-state index contributed by atoms with van der Waals surface area (Å²) in [5.74, 6) is 1.13. The average molecular weight is 496 g/mol. The number of allylic oxidation sites excluding steroid dienone is 1. The Morgan fingerprint density at radius 3 is 2.72 bits per heavy atom. The van der Waals surface area contributed by atoms with Crippen LogP contribution in [-0.2, 0) is 9.53 Å². The molecule has 0 spiro atoms. The van der Waals surface area contributed by atoms with Crippen LogP contribution in [0.4, 0.5) is 5.95 Å². The monoisotopic (exact) mass is 495 g/mol. The van der Waals surface area contributed by atoms with Gasteiger partial charge in [0.15, 0.2) is 0 Å². The smallest absolute Gasteiger partial charge is 0.338 e. The standard InChI is InChI=1S/C25H26BrN3O3/c1-15-22(24(30)32-17-8-4-3-5-9-17)23(18-14-16(26)12-13-21(18)31-2)29-20-11-7-6-10-19(20)28-25(29)27-15/h6-7,10-14,17,23H,3-5,8-9H2,1-2H3,(H,27,28)/t23-/m1/s1. The van der Waals surface area contributed by atoms with Gasteiger partial charge in [-0.05, 0) is 62.9 Å². The van der Waals surface area contributed by atoms with Gasteiger partial charge in [0.25, 0.3) is 0 Å². The predicted molar refractivity (Wildman–Crippen MR) is 128 cm³/mol. The molecular weight excluding hydrogens is 470 g/mol. The van der Waals surface area contributed by atoms with E-state index in [1.54, 1.807) is 7.11 Å². The number of esters is 1. The molecule has 3 aromatic rings. The topological polar surface area (TPSA) is 65.4 Å². The molecule has 0 bridgehead atoms. The van der Waals surface area contributed by atoms with Crippen LogP contribution >= 0.6 is 15.9 Å². The van der Waals surface area contributed by atoms with Gasteiger partial charge in [-0.1, -0.05) is 34.5 Å². The maximum atomic E-state index is 13.6. The molecule has 2 aromatic carbocycles. The highest BCUT2D eigenvalue weighted by atomic mass is 79.9. The summed E-state index contributed by atoms with van der Waals surface area (Å²) >= 11 is 3.60. The highest BCUT2D eigenvalue weighted by Crippen LogP contribution is 2.43. The molecule has 1 N–H and O–H groups in total. The Bertz CT molecular complexity index is 1210. The lowest BCUT2D eigenvalue weighted by molar-refractivity contribution is -0.146. The van der Waals surface area contributed by atoms with Crippen molar-refractivity contribution in [2.24, 2.45) is 0 Å². The van der Waals surface area contributed by atoms with E-state index in [1.807, 2.05) is 49.4 Å². The maximum Gasteiger partial charge on any atom is 0.338 e. The van der Waals surface area contributed by atoms with Crippen molar-refractivity contribution in [3.05, 3.63) is 63.8 Å². The minimum absolute atomic E-state index is 0.0254. The first kappa shape index (κ1) is 21.1. The van der Waals surface area contributed by atoms with Crippen molar-refractivity contribution in [1.29, 1.82) is 0 Å². The number of hydrogen-bond acceptors (Lipinski definition) is 5. The molecular formula is C25H26BrN3O3. The van der Waals surface area contributed by atoms with Crippen LogP contribution in [0.15, 0.2) is 58.2 Å². The van der Waals surface area contributed by atoms with Crippen LogP contribution in [0.1, 0.15) is 50.6 Å². The predicted octanol–water partition coefficient (Wildman–Crippen LogP) is 5.97. The van der Waals surface area contributed by atoms with E-state index in [0.717, 1.165) is 52.4 Å². The van der Waals surface area contributed by atoms with Gasteiger partial charge < -0.3 is 14.8 Å². The number of carbonyl (C=O) groups excluding carboxylic acids is 1. The number of hydrogen-bond donors (Lipinski definition) is 1. The Labute approximate surface area is 195 Å². The average Bonchev–Trinajstić information content (AvgIpc) is 3.16. The molecule has 0 saturated heterocycles. The SMILES string of the molecule is COc1ccc(Br)cc1[C@@H]1C(C(=O)OC2CCCCC2)=C(C)Nc2nc3ccccc3n21. The molecule has 166 valence electrons. The van der Waals surface area contributed by atoms with E-state index in [4.69, 9.17) is 14.5 Å². The second-order valence-electron chi connectivity index (χ2n) is 8.41. The van der Waals surface area contributed by atoms with E-state index in [-0.39, 0.29) is 12.1 Å². The minimum Gasteiger partial charge on any atom is -0.496 e. The summed E-state index contributed by atoms with van der Waals surface area (Å²) in [5.41, 5.74) is 4.02. The molecule has 32 heavy (non-hydrogen) atoms. The van der Waals surface area contributed by atoms with E-state index in [0.29, 0.717) is 17.3 Å². The zero-order valence-electron chi connectivity index (χ0n) is 18.2. The van der Waals surface area contributed by atoms with Crippen molar-refractivity contribution in [2.75, 3.05) is 12.4 Å². The maximum absolute atomic E-state index is 13.6. The van der Waals surface area contributed by atoms with Crippen molar-refractivity contribution in [2.45, 2.75) is 51.2 Å². The Morgan fingerprint density at radius 2 is 1.94 bits per heavy atom. The van der Waals surface area contributed by atoms with Crippen LogP contribution < -0.4 is 10.1 Å². The Kier molecular flexibility index (Phi) is 5.67. The van der Waals surface area contributed by atoms with Gasteiger partial charge in [0.05, 0.1) is 29.8 Å². The highest BCUT2D eigenvalue weighted by molar-refractivity contribution is 9.10. The number of carbonyl (C=O) groups is 1. The number of anilines is 1. The lowest BCUT2D eigenvalue weighted by atomic mass is 9.93. The number of rotatable bonds is 4. The van der Waals surface area contributed by atoms with Crippen molar-refractivity contribution >= 4 is 38.9 Å². The summed E-state index contributed by atoms with van der Waals surface area (Å²) in [6.07, 6.45) is 5.24. The molecule has 0 unspecified atom stereocenters. The normalized spacial score (nSPS) is 18.9. The third kappa shape index (κ3) is 3.68. The van der Waals surface area contributed by atoms with E-state index in [2.05, 4.69) is 25.8 Å². The summed E-state index contributed by atoms with van der Waals surface area (Å²) in [7, 11) is 1.65. The molecule has 2 heterocycles. The van der Waals surface area contributed by atoms with E-state index in [1.165, 1.54) is 6.42 Å². The van der Waals surface area contributed by atoms with Crippen molar-refractivity contribution < 1.29 is 14.3 Å². The number of nitrogens with one attached hydrogen (secondary N) is 1. The molecule has 2 aliphatic rings. The Balaban J connectivity index is 1.67. The van der Waals surface area contributed by atoms with Gasteiger partial charge in [-0.15, -0.1) is 0 Å².